The quantitative estimate of drug-likeness (QED) is 0.910. The van der Waals surface area contributed by atoms with Crippen molar-refractivity contribution in [2.75, 3.05) is 13.2 Å². The van der Waals surface area contributed by atoms with Crippen LogP contribution in [-0.2, 0) is 0 Å². The third kappa shape index (κ3) is 2.41. The molecule has 0 atom stereocenters. The number of thiophene rings is 1. The van der Waals surface area contributed by atoms with E-state index < -0.39 is 0 Å². The summed E-state index contributed by atoms with van der Waals surface area (Å²) in [5.74, 6) is -0.615. The first-order valence-corrected chi connectivity index (χ1v) is 7.51. The van der Waals surface area contributed by atoms with E-state index in [4.69, 9.17) is 11.6 Å². The van der Waals surface area contributed by atoms with Gasteiger partial charge in [0.1, 0.15) is 10.7 Å². The van der Waals surface area contributed by atoms with Crippen molar-refractivity contribution >= 4 is 38.9 Å². The minimum absolute atomic E-state index is 0.0820. The largest absolute Gasteiger partial charge is 0.396 e. The summed E-state index contributed by atoms with van der Waals surface area (Å²) in [6.07, 6.45) is 1.85. The van der Waals surface area contributed by atoms with Crippen LogP contribution in [0.5, 0.6) is 0 Å². The molecule has 2 N–H and O–H groups in total. The highest BCUT2D eigenvalue weighted by molar-refractivity contribution is 7.21. The minimum atomic E-state index is -0.348. The first-order valence-electron chi connectivity index (χ1n) is 6.31. The standard InChI is InChI=1S/C14H13ClFNO2S/c15-11-9-2-1-8(16)5-10(9)20-12(11)13(19)17-6-14(7-18)3-4-14/h1-2,5,18H,3-4,6-7H2,(H,17,19). The molecule has 1 aromatic heterocycles. The lowest BCUT2D eigenvalue weighted by Crippen LogP contribution is -2.31. The van der Waals surface area contributed by atoms with Crippen molar-refractivity contribution in [2.45, 2.75) is 12.8 Å². The molecule has 1 aliphatic rings. The van der Waals surface area contributed by atoms with E-state index in [-0.39, 0.29) is 23.7 Å². The highest BCUT2D eigenvalue weighted by atomic mass is 35.5. The number of hydrogen-bond acceptors (Lipinski definition) is 3. The molecule has 0 bridgehead atoms. The molecular formula is C14H13ClFNO2S. The summed E-state index contributed by atoms with van der Waals surface area (Å²) < 4.78 is 13.8. The zero-order valence-corrected chi connectivity index (χ0v) is 12.2. The van der Waals surface area contributed by atoms with Crippen molar-refractivity contribution < 1.29 is 14.3 Å². The number of benzene rings is 1. The van der Waals surface area contributed by atoms with Crippen LogP contribution in [0.15, 0.2) is 18.2 Å². The SMILES string of the molecule is O=C(NCC1(CO)CC1)c1sc2cc(F)ccc2c1Cl. The van der Waals surface area contributed by atoms with Gasteiger partial charge in [0.05, 0.1) is 11.6 Å². The highest BCUT2D eigenvalue weighted by Gasteiger charge is 2.42. The molecule has 1 heterocycles. The van der Waals surface area contributed by atoms with E-state index in [0.717, 1.165) is 12.8 Å². The van der Waals surface area contributed by atoms with Crippen molar-refractivity contribution in [3.63, 3.8) is 0 Å². The number of hydrogen-bond donors (Lipinski definition) is 2. The van der Waals surface area contributed by atoms with Crippen LogP contribution in [0.4, 0.5) is 4.39 Å². The Hall–Kier alpha value is -1.17. The molecule has 1 fully saturated rings. The van der Waals surface area contributed by atoms with Gasteiger partial charge >= 0.3 is 0 Å². The zero-order chi connectivity index (χ0) is 14.3. The first-order chi connectivity index (χ1) is 9.54. The second-order valence-corrected chi connectivity index (χ2v) is 6.66. The van der Waals surface area contributed by atoms with Gasteiger partial charge < -0.3 is 10.4 Å². The van der Waals surface area contributed by atoms with Crippen LogP contribution in [0.1, 0.15) is 22.5 Å². The normalized spacial score (nSPS) is 16.4. The lowest BCUT2D eigenvalue weighted by molar-refractivity contribution is 0.0939. The van der Waals surface area contributed by atoms with E-state index in [0.29, 0.717) is 26.5 Å². The molecule has 1 aromatic carbocycles. The van der Waals surface area contributed by atoms with Gasteiger partial charge in [0, 0.05) is 22.0 Å². The summed E-state index contributed by atoms with van der Waals surface area (Å²) in [6.45, 7) is 0.528. The molecule has 0 unspecified atom stereocenters. The molecule has 106 valence electrons. The molecule has 3 rings (SSSR count). The first kappa shape index (κ1) is 13.8. The number of fused-ring (bicyclic) bond motifs is 1. The van der Waals surface area contributed by atoms with Crippen molar-refractivity contribution in [1.82, 2.24) is 5.32 Å². The van der Waals surface area contributed by atoms with Gasteiger partial charge in [-0.15, -0.1) is 11.3 Å². The predicted molar refractivity (Wildman–Crippen MR) is 77.9 cm³/mol. The monoisotopic (exact) mass is 313 g/mol. The second kappa shape index (κ2) is 4.98. The summed E-state index contributed by atoms with van der Waals surface area (Å²) in [7, 11) is 0. The van der Waals surface area contributed by atoms with Gasteiger partial charge in [-0.25, -0.2) is 4.39 Å². The van der Waals surface area contributed by atoms with Crippen molar-refractivity contribution in [2.24, 2.45) is 5.41 Å². The lowest BCUT2D eigenvalue weighted by atomic mass is 10.1. The molecule has 20 heavy (non-hydrogen) atoms. The van der Waals surface area contributed by atoms with E-state index in [9.17, 15) is 14.3 Å². The number of carbonyl (C=O) groups excluding carboxylic acids is 1. The van der Waals surface area contributed by atoms with Crippen molar-refractivity contribution in [1.29, 1.82) is 0 Å². The lowest BCUT2D eigenvalue weighted by Gasteiger charge is -2.12. The van der Waals surface area contributed by atoms with Gasteiger partial charge in [-0.2, -0.15) is 0 Å². The van der Waals surface area contributed by atoms with Gasteiger partial charge in [0.2, 0.25) is 0 Å². The number of aliphatic hydroxyl groups is 1. The number of halogens is 2. The average molecular weight is 314 g/mol. The van der Waals surface area contributed by atoms with E-state index >= 15 is 0 Å². The molecular weight excluding hydrogens is 301 g/mol. The van der Waals surface area contributed by atoms with Crippen LogP contribution >= 0.6 is 22.9 Å². The van der Waals surface area contributed by atoms with Gasteiger partial charge in [0.15, 0.2) is 0 Å². The third-order valence-corrected chi connectivity index (χ3v) is 5.37. The smallest absolute Gasteiger partial charge is 0.262 e. The third-order valence-electron chi connectivity index (χ3n) is 3.71. The Kier molecular flexibility index (Phi) is 3.44. The second-order valence-electron chi connectivity index (χ2n) is 5.23. The van der Waals surface area contributed by atoms with Crippen LogP contribution < -0.4 is 5.32 Å². The van der Waals surface area contributed by atoms with E-state index in [1.807, 2.05) is 0 Å². The summed E-state index contributed by atoms with van der Waals surface area (Å²) in [5.41, 5.74) is -0.148. The molecule has 0 spiro atoms. The fraction of sp³-hybridized carbons (Fsp3) is 0.357. The Balaban J connectivity index is 1.82. The Morgan fingerprint density at radius 2 is 2.25 bits per heavy atom. The molecule has 1 amide bonds. The van der Waals surface area contributed by atoms with Crippen LogP contribution in [0, 0.1) is 11.2 Å². The van der Waals surface area contributed by atoms with Gasteiger partial charge in [0.25, 0.3) is 5.91 Å². The van der Waals surface area contributed by atoms with Crippen LogP contribution in [0.3, 0.4) is 0 Å². The van der Waals surface area contributed by atoms with Gasteiger partial charge in [-0.3, -0.25) is 4.79 Å². The molecule has 3 nitrogen and oxygen atoms in total. The van der Waals surface area contributed by atoms with E-state index in [1.54, 1.807) is 6.07 Å². The number of rotatable bonds is 4. The molecule has 2 aromatic rings. The van der Waals surface area contributed by atoms with Crippen LogP contribution in [0.2, 0.25) is 5.02 Å². The maximum atomic E-state index is 13.2. The maximum absolute atomic E-state index is 13.2. The topological polar surface area (TPSA) is 49.3 Å². The number of amides is 1. The van der Waals surface area contributed by atoms with Crippen molar-refractivity contribution in [3.05, 3.63) is 33.9 Å². The number of nitrogens with one attached hydrogen (secondary N) is 1. The molecule has 6 heteroatoms. The predicted octanol–water partition coefficient (Wildman–Crippen LogP) is 3.20. The average Bonchev–Trinajstić information content (AvgIpc) is 3.15. The van der Waals surface area contributed by atoms with Gasteiger partial charge in [-0.1, -0.05) is 11.6 Å². The number of carbonyl (C=O) groups is 1. The molecule has 0 radical (unpaired) electrons. The van der Waals surface area contributed by atoms with Crippen molar-refractivity contribution in [3.8, 4) is 0 Å². The maximum Gasteiger partial charge on any atom is 0.262 e. The van der Waals surface area contributed by atoms with Gasteiger partial charge in [-0.05, 0) is 31.0 Å². The van der Waals surface area contributed by atoms with Crippen LogP contribution in [0.25, 0.3) is 10.1 Å². The fourth-order valence-electron chi connectivity index (χ4n) is 2.10. The Bertz CT molecular complexity index is 681. The Labute approximate surface area is 124 Å². The minimum Gasteiger partial charge on any atom is -0.396 e. The molecule has 1 aliphatic carbocycles. The molecule has 0 aliphatic heterocycles. The fourth-order valence-corrected chi connectivity index (χ4v) is 3.56. The van der Waals surface area contributed by atoms with E-state index in [2.05, 4.69) is 5.32 Å². The highest BCUT2D eigenvalue weighted by Crippen LogP contribution is 2.44. The Morgan fingerprint density at radius 1 is 1.50 bits per heavy atom. The summed E-state index contributed by atoms with van der Waals surface area (Å²) in [6, 6.07) is 4.28. The Morgan fingerprint density at radius 3 is 2.90 bits per heavy atom. The summed E-state index contributed by atoms with van der Waals surface area (Å²) in [4.78, 5) is 12.5. The zero-order valence-electron chi connectivity index (χ0n) is 10.6. The number of aliphatic hydroxyl groups excluding tert-OH is 1. The molecule has 0 saturated heterocycles. The van der Waals surface area contributed by atoms with Crippen LogP contribution in [-0.4, -0.2) is 24.2 Å². The molecule has 1 saturated carbocycles. The van der Waals surface area contributed by atoms with E-state index in [1.165, 1.54) is 23.5 Å². The summed E-state index contributed by atoms with van der Waals surface area (Å²) in [5, 5.41) is 13.1. The summed E-state index contributed by atoms with van der Waals surface area (Å²) >= 11 is 7.36.